The molecule has 7 heteroatoms. The first-order valence-corrected chi connectivity index (χ1v) is 9.41. The predicted molar refractivity (Wildman–Crippen MR) is 99.1 cm³/mol. The first kappa shape index (κ1) is 19.1. The number of benzene rings is 1. The molecule has 1 amide bonds. The highest BCUT2D eigenvalue weighted by Gasteiger charge is 2.31. The van der Waals surface area contributed by atoms with Crippen LogP contribution in [0.15, 0.2) is 28.8 Å². The number of hydrogen-bond acceptors (Lipinski definition) is 5. The van der Waals surface area contributed by atoms with Crippen molar-refractivity contribution in [2.45, 2.75) is 57.9 Å². The number of carbonyl (C=O) groups is 2. The number of likely N-dealkylation sites (tertiary alicyclic amines) is 1. The van der Waals surface area contributed by atoms with Gasteiger partial charge in [0.1, 0.15) is 6.04 Å². The summed E-state index contributed by atoms with van der Waals surface area (Å²) >= 11 is 0. The maximum absolute atomic E-state index is 12.4. The number of carbonyl (C=O) groups excluding carboxylic acids is 1. The molecule has 0 bridgehead atoms. The number of aliphatic carboxylic acids is 1. The number of amides is 1. The highest BCUT2D eigenvalue weighted by molar-refractivity contribution is 5.84. The van der Waals surface area contributed by atoms with Gasteiger partial charge in [0.15, 0.2) is 0 Å². The number of aryl methyl sites for hydroxylation is 1. The van der Waals surface area contributed by atoms with E-state index in [1.54, 1.807) is 0 Å². The van der Waals surface area contributed by atoms with Gasteiger partial charge in [-0.3, -0.25) is 4.79 Å². The van der Waals surface area contributed by atoms with Crippen LogP contribution in [-0.4, -0.2) is 44.6 Å². The minimum atomic E-state index is -0.937. The molecule has 0 saturated carbocycles. The number of hydrogen-bond donors (Lipinski definition) is 1. The zero-order valence-electron chi connectivity index (χ0n) is 15.7. The van der Waals surface area contributed by atoms with Crippen LogP contribution in [0, 0.1) is 0 Å². The van der Waals surface area contributed by atoms with Gasteiger partial charge in [-0.1, -0.05) is 43.3 Å². The Hall–Kier alpha value is -2.70. The summed E-state index contributed by atoms with van der Waals surface area (Å²) in [5.74, 6) is 0.218. The van der Waals surface area contributed by atoms with Gasteiger partial charge in [-0.25, -0.2) is 4.79 Å². The van der Waals surface area contributed by atoms with E-state index in [2.05, 4.69) is 24.0 Å². The zero-order chi connectivity index (χ0) is 19.4. The molecule has 1 aromatic heterocycles. The Labute approximate surface area is 158 Å². The second-order valence-corrected chi connectivity index (χ2v) is 7.23. The lowest BCUT2D eigenvalue weighted by Crippen LogP contribution is -2.48. The molecule has 0 aliphatic carbocycles. The molecule has 1 aromatic carbocycles. The van der Waals surface area contributed by atoms with Crippen LogP contribution in [0.3, 0.4) is 0 Å². The van der Waals surface area contributed by atoms with Gasteiger partial charge in [-0.15, -0.1) is 0 Å². The minimum absolute atomic E-state index is 0.164. The zero-order valence-corrected chi connectivity index (χ0v) is 15.7. The lowest BCUT2D eigenvalue weighted by atomic mass is 10.0. The average Bonchev–Trinajstić information content (AvgIpc) is 3.15. The molecule has 27 heavy (non-hydrogen) atoms. The van der Waals surface area contributed by atoms with E-state index < -0.39 is 12.0 Å². The van der Waals surface area contributed by atoms with Gasteiger partial charge in [-0.05, 0) is 30.7 Å². The smallest absolute Gasteiger partial charge is 0.326 e. The standard InChI is InChI=1S/C20H25N3O4/c1-13(2)14-6-8-15(9-7-14)19-21-17(27-22-19)10-11-18(24)23-12-4-3-5-16(23)20(25)26/h6-9,13,16H,3-5,10-12H2,1-2H3,(H,25,26)/t16-/m1/s1. The third kappa shape index (κ3) is 4.53. The van der Waals surface area contributed by atoms with Crippen molar-refractivity contribution in [3.63, 3.8) is 0 Å². The molecule has 0 radical (unpaired) electrons. The number of nitrogens with zero attached hydrogens (tertiary/aromatic N) is 3. The molecule has 0 unspecified atom stereocenters. The van der Waals surface area contributed by atoms with E-state index in [9.17, 15) is 14.7 Å². The molecular formula is C20H25N3O4. The number of carboxylic acid groups (broad SMARTS) is 1. The van der Waals surface area contributed by atoms with E-state index >= 15 is 0 Å². The maximum atomic E-state index is 12.4. The van der Waals surface area contributed by atoms with Crippen molar-refractivity contribution in [3.05, 3.63) is 35.7 Å². The van der Waals surface area contributed by atoms with Crippen LogP contribution in [-0.2, 0) is 16.0 Å². The Balaban J connectivity index is 1.60. The van der Waals surface area contributed by atoms with Gasteiger partial charge >= 0.3 is 5.97 Å². The topological polar surface area (TPSA) is 96.5 Å². The van der Waals surface area contributed by atoms with Gasteiger partial charge in [0, 0.05) is 24.9 Å². The third-order valence-electron chi connectivity index (χ3n) is 4.96. The summed E-state index contributed by atoms with van der Waals surface area (Å²) in [5, 5.41) is 13.3. The quantitative estimate of drug-likeness (QED) is 0.837. The molecule has 2 heterocycles. The number of carboxylic acids is 1. The van der Waals surface area contributed by atoms with Gasteiger partial charge in [0.05, 0.1) is 0 Å². The lowest BCUT2D eigenvalue weighted by Gasteiger charge is -2.32. The molecule has 7 nitrogen and oxygen atoms in total. The van der Waals surface area contributed by atoms with Crippen molar-refractivity contribution in [2.24, 2.45) is 0 Å². The summed E-state index contributed by atoms with van der Waals surface area (Å²) in [6.07, 6.45) is 2.66. The van der Waals surface area contributed by atoms with Crippen LogP contribution in [0.4, 0.5) is 0 Å². The fourth-order valence-corrected chi connectivity index (χ4v) is 3.34. The summed E-state index contributed by atoms with van der Waals surface area (Å²) in [4.78, 5) is 29.6. The fourth-order valence-electron chi connectivity index (χ4n) is 3.34. The van der Waals surface area contributed by atoms with E-state index in [-0.39, 0.29) is 12.3 Å². The van der Waals surface area contributed by atoms with E-state index in [1.165, 1.54) is 10.5 Å². The van der Waals surface area contributed by atoms with Crippen LogP contribution >= 0.6 is 0 Å². The fraction of sp³-hybridized carbons (Fsp3) is 0.500. The molecule has 1 aliphatic heterocycles. The summed E-state index contributed by atoms with van der Waals surface area (Å²) in [6, 6.07) is 7.29. The monoisotopic (exact) mass is 371 g/mol. The van der Waals surface area contributed by atoms with E-state index in [0.717, 1.165) is 18.4 Å². The van der Waals surface area contributed by atoms with E-state index in [1.807, 2.05) is 24.3 Å². The summed E-state index contributed by atoms with van der Waals surface area (Å²) in [5.41, 5.74) is 2.10. The Morgan fingerprint density at radius 2 is 2.00 bits per heavy atom. The molecule has 1 fully saturated rings. The number of rotatable bonds is 6. The molecule has 0 spiro atoms. The highest BCUT2D eigenvalue weighted by atomic mass is 16.5. The maximum Gasteiger partial charge on any atom is 0.326 e. The Morgan fingerprint density at radius 1 is 1.26 bits per heavy atom. The molecule has 1 saturated heterocycles. The van der Waals surface area contributed by atoms with Crippen molar-refractivity contribution in [1.29, 1.82) is 0 Å². The van der Waals surface area contributed by atoms with Crippen LogP contribution in [0.2, 0.25) is 0 Å². The summed E-state index contributed by atoms with van der Waals surface area (Å²) < 4.78 is 5.26. The second-order valence-electron chi connectivity index (χ2n) is 7.23. The van der Waals surface area contributed by atoms with Crippen molar-refractivity contribution >= 4 is 11.9 Å². The van der Waals surface area contributed by atoms with E-state index in [0.29, 0.717) is 37.0 Å². The second kappa shape index (κ2) is 8.33. The van der Waals surface area contributed by atoms with Crippen molar-refractivity contribution < 1.29 is 19.2 Å². The Morgan fingerprint density at radius 3 is 2.67 bits per heavy atom. The molecule has 1 atom stereocenters. The third-order valence-corrected chi connectivity index (χ3v) is 4.96. The van der Waals surface area contributed by atoms with Gasteiger partial charge < -0.3 is 14.5 Å². The van der Waals surface area contributed by atoms with Crippen LogP contribution in [0.25, 0.3) is 11.4 Å². The molecule has 1 aliphatic rings. The molecular weight excluding hydrogens is 346 g/mol. The first-order valence-electron chi connectivity index (χ1n) is 9.41. The Kier molecular flexibility index (Phi) is 5.88. The largest absolute Gasteiger partial charge is 0.480 e. The van der Waals surface area contributed by atoms with Crippen LogP contribution in [0.1, 0.15) is 56.9 Å². The average molecular weight is 371 g/mol. The van der Waals surface area contributed by atoms with Crippen molar-refractivity contribution in [3.8, 4) is 11.4 Å². The molecule has 2 aromatic rings. The lowest BCUT2D eigenvalue weighted by molar-refractivity contribution is -0.152. The van der Waals surface area contributed by atoms with Crippen LogP contribution < -0.4 is 0 Å². The van der Waals surface area contributed by atoms with Gasteiger partial charge in [-0.2, -0.15) is 4.98 Å². The van der Waals surface area contributed by atoms with Gasteiger partial charge in [0.2, 0.25) is 17.6 Å². The molecule has 1 N–H and O–H groups in total. The van der Waals surface area contributed by atoms with Crippen LogP contribution in [0.5, 0.6) is 0 Å². The summed E-state index contributed by atoms with van der Waals surface area (Å²) in [7, 11) is 0. The normalized spacial score (nSPS) is 17.3. The minimum Gasteiger partial charge on any atom is -0.480 e. The molecule has 3 rings (SSSR count). The van der Waals surface area contributed by atoms with Gasteiger partial charge in [0.25, 0.3) is 0 Å². The number of aromatic nitrogens is 2. The van der Waals surface area contributed by atoms with E-state index in [4.69, 9.17) is 4.52 Å². The first-order chi connectivity index (χ1) is 13.0. The Bertz CT molecular complexity index is 798. The SMILES string of the molecule is CC(C)c1ccc(-c2noc(CCC(=O)N3CCCC[C@@H]3C(=O)O)n2)cc1. The van der Waals surface area contributed by atoms with Crippen molar-refractivity contribution in [1.82, 2.24) is 15.0 Å². The molecule has 144 valence electrons. The van der Waals surface area contributed by atoms with Crippen molar-refractivity contribution in [2.75, 3.05) is 6.54 Å². The predicted octanol–water partition coefficient (Wildman–Crippen LogP) is 3.26. The highest BCUT2D eigenvalue weighted by Crippen LogP contribution is 2.22. The number of piperidine rings is 1. The summed E-state index contributed by atoms with van der Waals surface area (Å²) in [6.45, 7) is 4.76.